The fourth-order valence-electron chi connectivity index (χ4n) is 5.00. The number of anilines is 2. The Morgan fingerprint density at radius 2 is 1.83 bits per heavy atom. The summed E-state index contributed by atoms with van der Waals surface area (Å²) >= 11 is 0.749. The molecule has 1 atom stereocenters. The molecule has 4 aromatic rings. The number of pyridine rings is 2. The van der Waals surface area contributed by atoms with Crippen molar-refractivity contribution in [1.82, 2.24) is 15.3 Å². The Bertz CT molecular complexity index is 1630. The second-order valence-corrected chi connectivity index (χ2v) is 11.0. The summed E-state index contributed by atoms with van der Waals surface area (Å²) in [6.45, 7) is 1.11. The first-order chi connectivity index (χ1) is 19.9. The maximum Gasteiger partial charge on any atom is 0.417 e. The number of halogens is 3. The molecular formula is C28H28F3N7O3S. The van der Waals surface area contributed by atoms with Crippen molar-refractivity contribution >= 4 is 44.9 Å². The number of carbonyl (C=O) groups excluding carboxylic acids is 2. The molecule has 4 heterocycles. The summed E-state index contributed by atoms with van der Waals surface area (Å²) in [5, 5.41) is 13.7. The van der Waals surface area contributed by atoms with Crippen LogP contribution in [0.3, 0.4) is 0 Å². The van der Waals surface area contributed by atoms with E-state index in [0.29, 0.717) is 37.2 Å². The summed E-state index contributed by atoms with van der Waals surface area (Å²) in [5.74, 6) is -1.28. The summed E-state index contributed by atoms with van der Waals surface area (Å²) in [5.41, 5.74) is 17.6. The predicted octanol–water partition coefficient (Wildman–Crippen LogP) is 3.45. The molecule has 0 radical (unpaired) electrons. The zero-order chi connectivity index (χ0) is 30.2. The summed E-state index contributed by atoms with van der Waals surface area (Å²) in [7, 11) is 0. The van der Waals surface area contributed by atoms with E-state index in [-0.39, 0.29) is 39.2 Å². The molecule has 2 amide bonds. The largest absolute Gasteiger partial charge is 0.417 e. The highest BCUT2D eigenvalue weighted by Gasteiger charge is 2.37. The lowest BCUT2D eigenvalue weighted by Gasteiger charge is -2.34. The molecule has 5 rings (SSSR count). The lowest BCUT2D eigenvalue weighted by Crippen LogP contribution is -2.44. The van der Waals surface area contributed by atoms with Gasteiger partial charge in [-0.25, -0.2) is 4.98 Å². The topological polar surface area (TPSA) is 173 Å². The number of benzene rings is 1. The molecule has 1 aromatic carbocycles. The summed E-state index contributed by atoms with van der Waals surface area (Å²) in [4.78, 5) is 33.5. The lowest BCUT2D eigenvalue weighted by atomic mass is 10.0. The molecule has 0 saturated carbocycles. The van der Waals surface area contributed by atoms with E-state index < -0.39 is 29.7 Å². The van der Waals surface area contributed by atoms with E-state index in [0.717, 1.165) is 28.5 Å². The molecule has 3 aromatic heterocycles. The Labute approximate surface area is 242 Å². The number of amides is 2. The first kappa shape index (κ1) is 29.2. The third kappa shape index (κ3) is 6.00. The molecule has 42 heavy (non-hydrogen) atoms. The number of hydrogen-bond acceptors (Lipinski definition) is 9. The molecule has 8 N–H and O–H groups in total. The first-order valence-electron chi connectivity index (χ1n) is 13.0. The highest BCUT2D eigenvalue weighted by atomic mass is 32.1. The second kappa shape index (κ2) is 11.5. The van der Waals surface area contributed by atoms with E-state index >= 15 is 0 Å². The number of primary amides is 2. The van der Waals surface area contributed by atoms with E-state index in [2.05, 4.69) is 15.3 Å². The minimum absolute atomic E-state index is 0.00795. The number of aliphatic hydroxyl groups excluding tert-OH is 1. The molecular weight excluding hydrogens is 571 g/mol. The molecule has 0 spiro atoms. The molecule has 1 saturated heterocycles. The third-order valence-electron chi connectivity index (χ3n) is 7.24. The van der Waals surface area contributed by atoms with Crippen LogP contribution < -0.4 is 27.4 Å². The minimum Gasteiger partial charge on any atom is -0.397 e. The standard InChI is InChI=1S/C28H28F3N7O3S/c29-28(30,31)18-11-21(37-27-22(18)23(32)24(42-27)26(34)41)38-8-6-17(7-9-38)35-13-20(39)19-5-4-16(12-36-19)14-2-1-3-15(10-14)25(33)40/h1-5,10-12,17,20,35,39H,6-9,13,32H2,(H2,33,40)(H2,34,41). The summed E-state index contributed by atoms with van der Waals surface area (Å²) in [6, 6.07) is 11.4. The molecule has 0 bridgehead atoms. The van der Waals surface area contributed by atoms with Crippen molar-refractivity contribution in [2.75, 3.05) is 30.3 Å². The van der Waals surface area contributed by atoms with Gasteiger partial charge in [0.2, 0.25) is 5.91 Å². The number of nitrogens with one attached hydrogen (secondary N) is 1. The number of aromatic nitrogens is 2. The third-order valence-corrected chi connectivity index (χ3v) is 8.36. The number of nitrogens with zero attached hydrogens (tertiary/aromatic N) is 3. The zero-order valence-corrected chi connectivity index (χ0v) is 23.0. The molecule has 1 aliphatic rings. The van der Waals surface area contributed by atoms with Crippen LogP contribution in [0.2, 0.25) is 0 Å². The normalized spacial score (nSPS) is 15.2. The molecule has 1 aliphatic heterocycles. The Kier molecular flexibility index (Phi) is 8.03. The van der Waals surface area contributed by atoms with Gasteiger partial charge in [-0.3, -0.25) is 14.6 Å². The van der Waals surface area contributed by atoms with Crippen LogP contribution in [0, 0.1) is 0 Å². The van der Waals surface area contributed by atoms with E-state index in [1.807, 2.05) is 6.07 Å². The van der Waals surface area contributed by atoms with Gasteiger partial charge in [-0.05, 0) is 42.7 Å². The second-order valence-electron chi connectivity index (χ2n) is 10.0. The quantitative estimate of drug-likeness (QED) is 0.205. The Morgan fingerprint density at radius 1 is 1.10 bits per heavy atom. The predicted molar refractivity (Wildman–Crippen MR) is 154 cm³/mol. The average Bonchev–Trinajstić information content (AvgIpc) is 3.31. The average molecular weight is 600 g/mol. The number of alkyl halides is 3. The van der Waals surface area contributed by atoms with Crippen molar-refractivity contribution in [3.05, 3.63) is 70.4 Å². The summed E-state index contributed by atoms with van der Waals surface area (Å²) < 4.78 is 41.8. The van der Waals surface area contributed by atoms with Crippen LogP contribution in [0.4, 0.5) is 24.7 Å². The number of aliphatic hydroxyl groups is 1. The van der Waals surface area contributed by atoms with Crippen LogP contribution in [0.1, 0.15) is 50.2 Å². The van der Waals surface area contributed by atoms with Gasteiger partial charge in [-0.1, -0.05) is 18.2 Å². The highest BCUT2D eigenvalue weighted by molar-refractivity contribution is 7.21. The molecule has 1 fully saturated rings. The molecule has 220 valence electrons. The number of carbonyl (C=O) groups is 2. The smallest absolute Gasteiger partial charge is 0.397 e. The molecule has 0 aliphatic carbocycles. The first-order valence-corrected chi connectivity index (χ1v) is 13.9. The van der Waals surface area contributed by atoms with E-state index in [1.54, 1.807) is 41.4 Å². The lowest BCUT2D eigenvalue weighted by molar-refractivity contribution is -0.136. The Morgan fingerprint density at radius 3 is 2.45 bits per heavy atom. The number of thiophene rings is 1. The number of rotatable bonds is 8. The van der Waals surface area contributed by atoms with Gasteiger partial charge in [-0.15, -0.1) is 11.3 Å². The van der Waals surface area contributed by atoms with Crippen molar-refractivity contribution in [1.29, 1.82) is 0 Å². The SMILES string of the molecule is NC(=O)c1cccc(-c2ccc(C(O)CNC3CCN(c4cc(C(F)(F)F)c5c(N)c(C(N)=O)sc5n4)CC3)nc2)c1. The number of nitrogen functional groups attached to an aromatic ring is 1. The van der Waals surface area contributed by atoms with Gasteiger partial charge in [0, 0.05) is 48.4 Å². The van der Waals surface area contributed by atoms with Crippen LogP contribution >= 0.6 is 11.3 Å². The van der Waals surface area contributed by atoms with Crippen LogP contribution in [0.5, 0.6) is 0 Å². The van der Waals surface area contributed by atoms with Crippen LogP contribution in [-0.4, -0.2) is 52.6 Å². The van der Waals surface area contributed by atoms with Gasteiger partial charge in [0.1, 0.15) is 21.6 Å². The van der Waals surface area contributed by atoms with Gasteiger partial charge >= 0.3 is 6.18 Å². The van der Waals surface area contributed by atoms with Crippen molar-refractivity contribution in [3.63, 3.8) is 0 Å². The van der Waals surface area contributed by atoms with Crippen molar-refractivity contribution in [2.24, 2.45) is 11.5 Å². The minimum atomic E-state index is -4.70. The Balaban J connectivity index is 1.21. The van der Waals surface area contributed by atoms with Gasteiger partial charge in [0.05, 0.1) is 16.9 Å². The maximum atomic E-state index is 13.9. The Hall–Kier alpha value is -4.27. The number of fused-ring (bicyclic) bond motifs is 1. The van der Waals surface area contributed by atoms with E-state index in [1.165, 1.54) is 0 Å². The maximum absolute atomic E-state index is 13.9. The van der Waals surface area contributed by atoms with Crippen LogP contribution in [0.25, 0.3) is 21.3 Å². The fourth-order valence-corrected chi connectivity index (χ4v) is 5.96. The van der Waals surface area contributed by atoms with Gasteiger partial charge in [0.25, 0.3) is 5.91 Å². The monoisotopic (exact) mass is 599 g/mol. The number of piperidine rings is 1. The molecule has 1 unspecified atom stereocenters. The fraction of sp³-hybridized carbons (Fsp3) is 0.286. The molecule has 10 nitrogen and oxygen atoms in total. The number of hydrogen-bond donors (Lipinski definition) is 5. The van der Waals surface area contributed by atoms with Gasteiger partial charge in [-0.2, -0.15) is 13.2 Å². The van der Waals surface area contributed by atoms with Crippen LogP contribution in [0.15, 0.2) is 48.7 Å². The van der Waals surface area contributed by atoms with Crippen molar-refractivity contribution in [3.8, 4) is 11.1 Å². The zero-order valence-electron chi connectivity index (χ0n) is 22.2. The van der Waals surface area contributed by atoms with E-state index in [4.69, 9.17) is 17.2 Å². The van der Waals surface area contributed by atoms with Gasteiger partial charge < -0.3 is 32.5 Å². The van der Waals surface area contributed by atoms with Crippen LogP contribution in [-0.2, 0) is 6.18 Å². The molecule has 14 heteroatoms. The highest BCUT2D eigenvalue weighted by Crippen LogP contribution is 2.43. The summed E-state index contributed by atoms with van der Waals surface area (Å²) in [6.07, 6.45) is -2.75. The van der Waals surface area contributed by atoms with Crippen molar-refractivity contribution < 1.29 is 27.9 Å². The van der Waals surface area contributed by atoms with Crippen molar-refractivity contribution in [2.45, 2.75) is 31.2 Å². The number of nitrogens with two attached hydrogens (primary N) is 3. The van der Waals surface area contributed by atoms with E-state index in [9.17, 15) is 27.9 Å². The van der Waals surface area contributed by atoms with Gasteiger partial charge in [0.15, 0.2) is 0 Å².